The van der Waals surface area contributed by atoms with Gasteiger partial charge in [0.05, 0.1) is 19.0 Å². The summed E-state index contributed by atoms with van der Waals surface area (Å²) in [4.78, 5) is 184. The van der Waals surface area contributed by atoms with Gasteiger partial charge in [0.2, 0.25) is 53.2 Å². The van der Waals surface area contributed by atoms with Crippen LogP contribution in [-0.4, -0.2) is 194 Å². The summed E-state index contributed by atoms with van der Waals surface area (Å²) in [6.07, 6.45) is -5.05. The summed E-state index contributed by atoms with van der Waals surface area (Å²) >= 11 is 0. The molecule has 16 N–H and O–H groups in total. The first-order chi connectivity index (χ1) is 42.2. The van der Waals surface area contributed by atoms with Crippen molar-refractivity contribution < 1.29 is 110 Å². The van der Waals surface area contributed by atoms with Crippen LogP contribution >= 0.6 is 0 Å². The van der Waals surface area contributed by atoms with Crippen molar-refractivity contribution >= 4 is 93.4 Å². The zero-order valence-corrected chi connectivity index (χ0v) is 50.5. The second-order valence-corrected chi connectivity index (χ2v) is 22.7. The predicted octanol–water partition coefficient (Wildman–Crippen LogP) is -2.27. The molecule has 0 aromatic heterocycles. The van der Waals surface area contributed by atoms with E-state index in [0.29, 0.717) is 5.56 Å². The smallest absolute Gasteiger partial charge is 0.446 e. The number of hydrogen-bond donors (Lipinski definition) is 15. The number of hydrogen-bond acceptors (Lipinski definition) is 18. The van der Waals surface area contributed by atoms with Crippen molar-refractivity contribution in [3.8, 4) is 5.75 Å². The van der Waals surface area contributed by atoms with Crippen molar-refractivity contribution in [1.82, 2.24) is 47.4 Å². The molecule has 1 fully saturated rings. The SMILES string of the molecule is CC[C@H](C)[C@H](NC(=O)[C@H](CCC(=O)O)NC(=O)[C@H](CCC(=O)O)NC(=O)[C@H](Cc1ccccc1)NC(=O)[C@@H](N)CC(=O)O)C(=O)N1CCC[C@H]1C(=O)NCC(=O)N[C@@H](CCC(=O)O)C(=O)N[C@@H](Cc1ccc(OS(=O)(=O)O)cc1)C(=O)N[C@@H](CC(C)C)C(=O)O. The molecule has 0 unspecified atom stereocenters. The van der Waals surface area contributed by atoms with E-state index in [4.69, 9.17) is 10.3 Å². The molecule has 3 rings (SSSR count). The highest BCUT2D eigenvalue weighted by molar-refractivity contribution is 7.81. The zero-order chi connectivity index (χ0) is 67.6. The van der Waals surface area contributed by atoms with Crippen LogP contribution in [0.5, 0.6) is 5.75 Å². The van der Waals surface area contributed by atoms with Gasteiger partial charge in [-0.2, -0.15) is 8.42 Å². The second-order valence-electron chi connectivity index (χ2n) is 21.7. The predicted molar refractivity (Wildman–Crippen MR) is 311 cm³/mol. The number of aliphatic carboxylic acids is 5. The fourth-order valence-corrected chi connectivity index (χ4v) is 9.56. The Balaban J connectivity index is 1.85. The summed E-state index contributed by atoms with van der Waals surface area (Å²) < 4.78 is 35.9. The lowest BCUT2D eigenvalue weighted by Crippen LogP contribution is -2.60. The van der Waals surface area contributed by atoms with E-state index in [1.165, 1.54) is 12.1 Å². The number of carboxylic acid groups (broad SMARTS) is 5. The van der Waals surface area contributed by atoms with E-state index in [0.717, 1.165) is 17.0 Å². The quantitative estimate of drug-likeness (QED) is 0.0314. The monoisotopic (exact) mass is 1290 g/mol. The van der Waals surface area contributed by atoms with Gasteiger partial charge in [-0.05, 0) is 73.6 Å². The maximum absolute atomic E-state index is 14.5. The van der Waals surface area contributed by atoms with Crippen molar-refractivity contribution in [2.24, 2.45) is 17.6 Å². The summed E-state index contributed by atoms with van der Waals surface area (Å²) in [5.74, 6) is -17.8. The molecule has 2 aromatic carbocycles. The molecule has 496 valence electrons. The van der Waals surface area contributed by atoms with Gasteiger partial charge in [0.15, 0.2) is 0 Å². The lowest BCUT2D eigenvalue weighted by atomic mass is 9.96. The minimum atomic E-state index is -4.92. The van der Waals surface area contributed by atoms with E-state index < -0.39 is 212 Å². The van der Waals surface area contributed by atoms with Gasteiger partial charge in [-0.25, -0.2) is 4.79 Å². The van der Waals surface area contributed by atoms with Gasteiger partial charge in [-0.1, -0.05) is 76.6 Å². The van der Waals surface area contributed by atoms with Crippen LogP contribution in [-0.2, 0) is 90.4 Å². The maximum Gasteiger partial charge on any atom is 0.446 e. The average molecular weight is 1290 g/mol. The fraction of sp³-hybridized carbons (Fsp3) is 0.536. The van der Waals surface area contributed by atoms with Crippen LogP contribution in [0.2, 0.25) is 0 Å². The first kappa shape index (κ1) is 74.9. The first-order valence-corrected chi connectivity index (χ1v) is 29.9. The molecule has 0 saturated carbocycles. The van der Waals surface area contributed by atoms with Crippen LogP contribution in [0.15, 0.2) is 54.6 Å². The minimum absolute atomic E-state index is 0.0232. The van der Waals surface area contributed by atoms with Gasteiger partial charge in [-0.3, -0.25) is 66.9 Å². The maximum atomic E-state index is 14.5. The highest BCUT2D eigenvalue weighted by atomic mass is 32.3. The molecule has 34 heteroatoms. The summed E-state index contributed by atoms with van der Waals surface area (Å²) in [5, 5.41) is 66.7. The molecule has 33 nitrogen and oxygen atoms in total. The Hall–Kier alpha value is -9.31. The van der Waals surface area contributed by atoms with E-state index in [1.807, 2.05) is 0 Å². The number of carbonyl (C=O) groups excluding carboxylic acids is 9. The van der Waals surface area contributed by atoms with Crippen LogP contribution in [0.3, 0.4) is 0 Å². The Morgan fingerprint density at radius 1 is 0.589 bits per heavy atom. The first-order valence-electron chi connectivity index (χ1n) is 28.5. The Bertz CT molecular complexity index is 3020. The summed E-state index contributed by atoms with van der Waals surface area (Å²) in [6.45, 7) is 5.66. The van der Waals surface area contributed by atoms with Crippen molar-refractivity contribution in [3.05, 3.63) is 65.7 Å². The fourth-order valence-electron chi connectivity index (χ4n) is 9.21. The van der Waals surface area contributed by atoms with Crippen LogP contribution in [0.1, 0.15) is 109 Å². The highest BCUT2D eigenvalue weighted by Gasteiger charge is 2.41. The Morgan fingerprint density at radius 2 is 1.03 bits per heavy atom. The number of carbonyl (C=O) groups is 14. The molecule has 1 aliphatic rings. The van der Waals surface area contributed by atoms with Gasteiger partial charge >= 0.3 is 40.2 Å². The lowest BCUT2D eigenvalue weighted by Gasteiger charge is -2.32. The number of nitrogens with one attached hydrogen (secondary N) is 8. The van der Waals surface area contributed by atoms with Crippen molar-refractivity contribution in [2.75, 3.05) is 13.1 Å². The van der Waals surface area contributed by atoms with Crippen molar-refractivity contribution in [3.63, 3.8) is 0 Å². The van der Waals surface area contributed by atoms with Crippen LogP contribution in [0.25, 0.3) is 0 Å². The number of likely N-dealkylation sites (tertiary alicyclic amines) is 1. The van der Waals surface area contributed by atoms with Gasteiger partial charge in [0, 0.05) is 38.6 Å². The highest BCUT2D eigenvalue weighted by Crippen LogP contribution is 2.23. The summed E-state index contributed by atoms with van der Waals surface area (Å²) in [7, 11) is -4.92. The van der Waals surface area contributed by atoms with Crippen molar-refractivity contribution in [2.45, 2.75) is 166 Å². The molecule has 9 amide bonds. The Labute approximate surface area is 516 Å². The Kier molecular flexibility index (Phi) is 30.2. The molecular formula is C56H78N10O23S. The number of rotatable bonds is 39. The summed E-state index contributed by atoms with van der Waals surface area (Å²) in [5.41, 5.74) is 6.45. The molecular weight excluding hydrogens is 1210 g/mol. The van der Waals surface area contributed by atoms with Crippen LogP contribution in [0, 0.1) is 11.8 Å². The molecule has 0 aliphatic carbocycles. The Morgan fingerprint density at radius 3 is 1.49 bits per heavy atom. The number of carboxylic acids is 5. The normalized spacial score (nSPS) is 15.9. The van der Waals surface area contributed by atoms with E-state index in [9.17, 15) is 101 Å². The zero-order valence-electron chi connectivity index (χ0n) is 49.7. The van der Waals surface area contributed by atoms with E-state index in [2.05, 4.69) is 46.7 Å². The minimum Gasteiger partial charge on any atom is -0.481 e. The third kappa shape index (κ3) is 26.6. The number of nitrogens with two attached hydrogens (primary N) is 1. The average Bonchev–Trinajstić information content (AvgIpc) is 1.79. The van der Waals surface area contributed by atoms with Crippen LogP contribution < -0.4 is 52.5 Å². The molecule has 90 heavy (non-hydrogen) atoms. The molecule has 10 atom stereocenters. The number of benzene rings is 2. The molecule has 1 heterocycles. The van der Waals surface area contributed by atoms with Gasteiger partial charge in [-0.15, -0.1) is 0 Å². The molecule has 0 bridgehead atoms. The molecule has 1 aliphatic heterocycles. The molecule has 1 saturated heterocycles. The topological polar surface area (TPSA) is 529 Å². The van der Waals surface area contributed by atoms with E-state index >= 15 is 0 Å². The second kappa shape index (κ2) is 36.2. The lowest BCUT2D eigenvalue weighted by molar-refractivity contribution is -0.143. The van der Waals surface area contributed by atoms with Gasteiger partial charge < -0.3 is 82.9 Å². The van der Waals surface area contributed by atoms with Gasteiger partial charge in [0.25, 0.3) is 0 Å². The third-order valence-electron chi connectivity index (χ3n) is 14.1. The van der Waals surface area contributed by atoms with Crippen LogP contribution in [0.4, 0.5) is 0 Å². The third-order valence-corrected chi connectivity index (χ3v) is 14.5. The van der Waals surface area contributed by atoms with Crippen molar-refractivity contribution in [1.29, 1.82) is 0 Å². The van der Waals surface area contributed by atoms with E-state index in [1.54, 1.807) is 58.0 Å². The summed E-state index contributed by atoms with van der Waals surface area (Å²) in [6, 6.07) is -1.46. The largest absolute Gasteiger partial charge is 0.481 e. The number of amides is 9. The van der Waals surface area contributed by atoms with E-state index in [-0.39, 0.29) is 55.9 Å². The molecule has 0 spiro atoms. The standard InChI is InChI=1S/C56H78N10O23S/c1-5-30(4)47(65-51(79)37(19-22-45(72)73)60-50(78)36(18-21-44(70)71)61-52(80)38(25-31-10-7-6-8-11-31)62-48(76)34(57)27-46(74)75)55(83)66-23-9-12-41(66)54(82)58-28-42(67)59-35(17-20-43(68)69)49(77)63-39(53(81)64-40(56(84)85)24-29(2)3)26-32-13-15-33(16-14-32)89-90(86,87)88/h6-8,10-11,13-16,29-30,34-41,47H,5,9,12,17-28,57H2,1-4H3,(H,58,82)(H,59,67)(H,60,78)(H,61,80)(H,62,76)(H,63,77)(H,64,81)(H,65,79)(H,68,69)(H,70,71)(H,72,73)(H,74,75)(H,84,85)(H,86,87,88)/t30-,34-,35-,36-,37-,38-,39-,40-,41-,47-/m0/s1. The molecule has 2 aromatic rings. The van der Waals surface area contributed by atoms with Gasteiger partial charge in [0.1, 0.15) is 54.1 Å². The molecule has 0 radical (unpaired) electrons. The number of nitrogens with zero attached hydrogens (tertiary/aromatic N) is 1.